The van der Waals surface area contributed by atoms with E-state index in [-0.39, 0.29) is 32.6 Å². The van der Waals surface area contributed by atoms with Crippen LogP contribution in [0.3, 0.4) is 0 Å². The van der Waals surface area contributed by atoms with Gasteiger partial charge in [0.1, 0.15) is 6.61 Å². The molecule has 0 amide bonds. The topological polar surface area (TPSA) is 134 Å². The Balaban J connectivity index is 4.36. The van der Waals surface area contributed by atoms with Gasteiger partial charge in [-0.2, -0.15) is 0 Å². The lowest BCUT2D eigenvalue weighted by Gasteiger charge is -2.19. The number of unbranched alkanes of at least 4 members (excludes halogenated alkanes) is 4. The number of allylic oxidation sites excluding steroid dienone is 22. The Morgan fingerprint density at radius 2 is 1.04 bits per heavy atom. The molecule has 2 atom stereocenters. The summed E-state index contributed by atoms with van der Waals surface area (Å²) in [7, 11) is -4.41. The third kappa shape index (κ3) is 39.8. The number of ether oxygens (including phenoxy) is 2. The van der Waals surface area contributed by atoms with Gasteiger partial charge in [0.2, 0.25) is 0 Å². The van der Waals surface area contributed by atoms with Crippen molar-refractivity contribution in [3.8, 4) is 0 Å². The maximum atomic E-state index is 12.5. The van der Waals surface area contributed by atoms with Crippen LogP contribution in [0, 0.1) is 0 Å². The Hall–Kier alpha value is -3.85. The molecule has 0 rings (SSSR count). The van der Waals surface area contributed by atoms with Gasteiger partial charge >= 0.3 is 19.8 Å². The lowest BCUT2D eigenvalue weighted by molar-refractivity contribution is -0.161. The van der Waals surface area contributed by atoms with E-state index in [4.69, 9.17) is 24.3 Å². The summed E-state index contributed by atoms with van der Waals surface area (Å²) in [6.07, 6.45) is 56.4. The number of nitrogens with two attached hydrogens (primary N) is 1. The first-order valence-electron chi connectivity index (χ1n) is 20.2. The molecule has 0 bridgehead atoms. The first-order chi connectivity index (χ1) is 27.3. The molecule has 0 heterocycles. The summed E-state index contributed by atoms with van der Waals surface area (Å²) in [6.45, 7) is 3.29. The highest BCUT2D eigenvalue weighted by Crippen LogP contribution is 2.43. The van der Waals surface area contributed by atoms with Crippen LogP contribution in [0.2, 0.25) is 0 Å². The third-order valence-corrected chi connectivity index (χ3v) is 8.39. The van der Waals surface area contributed by atoms with Crippen LogP contribution in [0.5, 0.6) is 0 Å². The van der Waals surface area contributed by atoms with E-state index in [1.165, 1.54) is 0 Å². The predicted octanol–water partition coefficient (Wildman–Crippen LogP) is 11.5. The molecule has 0 aromatic rings. The van der Waals surface area contributed by atoms with Crippen molar-refractivity contribution in [2.75, 3.05) is 26.4 Å². The van der Waals surface area contributed by atoms with Gasteiger partial charge in [0.15, 0.2) is 6.10 Å². The SMILES string of the molecule is CC/C=C/C=C/C=C/C=C/C=C/CCCC(=O)OC(COC(=O)CCCCC/C=C/C/C=C/C/C=C/C/C=C/C/C=C/C/C=C/CC)COP(=O)(O)OCCN. The highest BCUT2D eigenvalue weighted by Gasteiger charge is 2.25. The van der Waals surface area contributed by atoms with Crippen LogP contribution < -0.4 is 5.73 Å². The number of carbonyl (C=O) groups is 2. The van der Waals surface area contributed by atoms with Gasteiger partial charge in [0.25, 0.3) is 0 Å². The Labute approximate surface area is 338 Å². The van der Waals surface area contributed by atoms with E-state index in [0.717, 1.165) is 64.2 Å². The third-order valence-electron chi connectivity index (χ3n) is 7.41. The van der Waals surface area contributed by atoms with E-state index < -0.39 is 32.5 Å². The molecule has 0 saturated heterocycles. The largest absolute Gasteiger partial charge is 0.472 e. The van der Waals surface area contributed by atoms with Crippen molar-refractivity contribution < 1.29 is 37.6 Å². The van der Waals surface area contributed by atoms with Crippen LogP contribution in [-0.2, 0) is 32.7 Å². The van der Waals surface area contributed by atoms with E-state index in [1.807, 2.05) is 54.7 Å². The molecule has 0 spiro atoms. The molecule has 0 saturated carbocycles. The minimum Gasteiger partial charge on any atom is -0.462 e. The number of esters is 2. The molecule has 56 heavy (non-hydrogen) atoms. The normalized spacial score (nSPS) is 14.7. The number of rotatable bonds is 35. The van der Waals surface area contributed by atoms with Crippen molar-refractivity contribution >= 4 is 19.8 Å². The fourth-order valence-electron chi connectivity index (χ4n) is 4.49. The lowest BCUT2D eigenvalue weighted by Crippen LogP contribution is -2.29. The van der Waals surface area contributed by atoms with Crippen LogP contribution in [0.15, 0.2) is 134 Å². The molecule has 9 nitrogen and oxygen atoms in total. The maximum absolute atomic E-state index is 12.5. The molecule has 2 unspecified atom stereocenters. The summed E-state index contributed by atoms with van der Waals surface area (Å²) >= 11 is 0. The van der Waals surface area contributed by atoms with Gasteiger partial charge in [-0.1, -0.05) is 154 Å². The first-order valence-corrected chi connectivity index (χ1v) is 21.7. The molecule has 0 aromatic heterocycles. The summed E-state index contributed by atoms with van der Waals surface area (Å²) in [4.78, 5) is 34.7. The molecule has 0 aliphatic carbocycles. The van der Waals surface area contributed by atoms with E-state index >= 15 is 0 Å². The van der Waals surface area contributed by atoms with Crippen LogP contribution in [0.25, 0.3) is 0 Å². The number of phosphoric acid groups is 1. The maximum Gasteiger partial charge on any atom is 0.472 e. The number of hydrogen-bond acceptors (Lipinski definition) is 8. The lowest BCUT2D eigenvalue weighted by atomic mass is 10.1. The summed E-state index contributed by atoms with van der Waals surface area (Å²) in [5.74, 6) is -0.973. The van der Waals surface area contributed by atoms with Gasteiger partial charge in [0.05, 0.1) is 13.2 Å². The van der Waals surface area contributed by atoms with E-state index in [1.54, 1.807) is 0 Å². The molecular weight excluding hydrogens is 725 g/mol. The summed E-state index contributed by atoms with van der Waals surface area (Å²) in [6, 6.07) is 0. The van der Waals surface area contributed by atoms with Gasteiger partial charge in [0, 0.05) is 19.4 Å². The van der Waals surface area contributed by atoms with E-state index in [0.29, 0.717) is 19.3 Å². The van der Waals surface area contributed by atoms with Crippen molar-refractivity contribution in [3.63, 3.8) is 0 Å². The van der Waals surface area contributed by atoms with Gasteiger partial charge in [-0.15, -0.1) is 0 Å². The Bertz CT molecular complexity index is 1370. The zero-order valence-electron chi connectivity index (χ0n) is 34.0. The smallest absolute Gasteiger partial charge is 0.462 e. The summed E-state index contributed by atoms with van der Waals surface area (Å²) in [5.41, 5.74) is 5.33. The van der Waals surface area contributed by atoms with Crippen molar-refractivity contribution in [1.82, 2.24) is 0 Å². The Morgan fingerprint density at radius 3 is 1.59 bits per heavy atom. The van der Waals surface area contributed by atoms with Crippen LogP contribution in [0.1, 0.15) is 110 Å². The van der Waals surface area contributed by atoms with Crippen molar-refractivity contribution in [2.24, 2.45) is 5.73 Å². The second-order valence-electron chi connectivity index (χ2n) is 12.5. The molecule has 0 radical (unpaired) electrons. The Kier molecular flexibility index (Phi) is 38.0. The molecule has 10 heteroatoms. The highest BCUT2D eigenvalue weighted by atomic mass is 31.2. The van der Waals surface area contributed by atoms with Crippen LogP contribution in [-0.4, -0.2) is 49.3 Å². The van der Waals surface area contributed by atoms with Gasteiger partial charge in [-0.25, -0.2) is 4.57 Å². The predicted molar refractivity (Wildman–Crippen MR) is 233 cm³/mol. The molecule has 0 aliphatic rings. The number of carbonyl (C=O) groups excluding carboxylic acids is 2. The zero-order chi connectivity index (χ0) is 41.1. The Morgan fingerprint density at radius 1 is 0.554 bits per heavy atom. The molecule has 0 aliphatic heterocycles. The van der Waals surface area contributed by atoms with Crippen molar-refractivity contribution in [2.45, 2.75) is 116 Å². The second kappa shape index (κ2) is 40.8. The van der Waals surface area contributed by atoms with Gasteiger partial charge < -0.3 is 20.1 Å². The van der Waals surface area contributed by atoms with Crippen LogP contribution in [0.4, 0.5) is 0 Å². The summed E-state index contributed by atoms with van der Waals surface area (Å²) in [5, 5.41) is 0. The highest BCUT2D eigenvalue weighted by molar-refractivity contribution is 7.47. The fraction of sp³-hybridized carbons (Fsp3) is 0.478. The second-order valence-corrected chi connectivity index (χ2v) is 14.0. The van der Waals surface area contributed by atoms with Crippen LogP contribution >= 0.6 is 7.82 Å². The first kappa shape index (κ1) is 52.2. The standard InChI is InChI=1S/C46H70NO8P/c1-3-5-7-9-11-13-15-17-18-19-20-21-22-23-24-25-27-28-30-32-34-36-38-45(48)52-42-44(43-54-56(50,51)53-41-40-47)55-46(49)39-37-35-33-31-29-26-16-14-12-10-8-6-4-2/h5-8,10-14,16-18,20-21,23-24,26-29,31,33,44H,3-4,9,15,19,22,25,30,32,34-43,47H2,1-2H3,(H,50,51)/b7-5+,8-6+,12-10+,13-11+,16-14+,18-17+,21-20+,24-23+,28-27+,29-26+,33-31+. The minimum atomic E-state index is -4.41. The van der Waals surface area contributed by atoms with Crippen molar-refractivity contribution in [1.29, 1.82) is 0 Å². The molecule has 312 valence electrons. The fourth-order valence-corrected chi connectivity index (χ4v) is 5.25. The molecule has 0 aromatic carbocycles. The average molecular weight is 796 g/mol. The van der Waals surface area contributed by atoms with Gasteiger partial charge in [-0.05, 0) is 77.0 Å². The number of phosphoric ester groups is 1. The summed E-state index contributed by atoms with van der Waals surface area (Å²) < 4.78 is 32.6. The van der Waals surface area contributed by atoms with E-state index in [2.05, 4.69) is 92.8 Å². The molecular formula is C46H70NO8P. The monoisotopic (exact) mass is 795 g/mol. The average Bonchev–Trinajstić information content (AvgIpc) is 3.18. The molecule has 0 fully saturated rings. The van der Waals surface area contributed by atoms with E-state index in [9.17, 15) is 19.0 Å². The zero-order valence-corrected chi connectivity index (χ0v) is 34.9. The quantitative estimate of drug-likeness (QED) is 0.0211. The molecule has 3 N–H and O–H groups in total. The minimum absolute atomic E-state index is 0.0283. The van der Waals surface area contributed by atoms with Gasteiger partial charge in [-0.3, -0.25) is 18.6 Å². The van der Waals surface area contributed by atoms with Crippen molar-refractivity contribution in [3.05, 3.63) is 134 Å². The number of hydrogen-bond donors (Lipinski definition) is 2.